The van der Waals surface area contributed by atoms with Crippen LogP contribution in [0.25, 0.3) is 22.2 Å². The molecule has 25 heavy (non-hydrogen) atoms. The molecule has 4 nitrogen and oxygen atoms in total. The number of likely N-dealkylation sites (N-methyl/N-ethyl adjacent to an activating group) is 1. The van der Waals surface area contributed by atoms with Gasteiger partial charge in [0.05, 0.1) is 0 Å². The summed E-state index contributed by atoms with van der Waals surface area (Å²) >= 11 is 0. The van der Waals surface area contributed by atoms with Crippen LogP contribution < -0.4 is 4.90 Å². The molecule has 0 radical (unpaired) electrons. The molecule has 1 saturated heterocycles. The smallest absolute Gasteiger partial charge is 0.137 e. The largest absolute Gasteiger partial charge is 0.369 e. The fourth-order valence-corrected chi connectivity index (χ4v) is 3.89. The summed E-state index contributed by atoms with van der Waals surface area (Å²) < 4.78 is 0. The number of nitrogens with one attached hydrogen (secondary N) is 1. The first-order valence-electron chi connectivity index (χ1n) is 9.29. The predicted octanol–water partition coefficient (Wildman–Crippen LogP) is 3.86. The molecule has 2 aliphatic rings. The lowest BCUT2D eigenvalue weighted by Crippen LogP contribution is -2.44. The topological polar surface area (TPSA) is 35.2 Å². The van der Waals surface area contributed by atoms with Crippen molar-refractivity contribution in [2.45, 2.75) is 18.8 Å². The summed E-state index contributed by atoms with van der Waals surface area (Å²) in [5.74, 6) is 0.749. The maximum absolute atomic E-state index is 4.56. The molecule has 1 aromatic carbocycles. The fourth-order valence-electron chi connectivity index (χ4n) is 3.89. The predicted molar refractivity (Wildman–Crippen MR) is 103 cm³/mol. The Morgan fingerprint density at radius 1 is 1.00 bits per heavy atom. The summed E-state index contributed by atoms with van der Waals surface area (Å²) in [7, 11) is 2.21. The highest BCUT2D eigenvalue weighted by molar-refractivity contribution is 5.82. The molecule has 0 bridgehead atoms. The second-order valence-electron chi connectivity index (χ2n) is 7.48. The Balaban J connectivity index is 1.52. The van der Waals surface area contributed by atoms with E-state index in [2.05, 4.69) is 57.1 Å². The van der Waals surface area contributed by atoms with Crippen LogP contribution in [0.1, 0.15) is 24.3 Å². The highest BCUT2D eigenvalue weighted by Crippen LogP contribution is 2.46. The lowest BCUT2D eigenvalue weighted by molar-refractivity contribution is 0.312. The standard InChI is InChI=1S/C21H24N4/c1-24-8-10-25(11-9-24)20-5-4-16(13-19(20)15-2-3-15)18-12-17-6-7-22-21(17)23-14-18/h4-7,12-15H,2-3,8-11H2,1H3,(H,22,23). The molecular formula is C21H24N4. The second kappa shape index (κ2) is 5.88. The van der Waals surface area contributed by atoms with Crippen molar-refractivity contribution in [3.8, 4) is 11.1 Å². The molecule has 0 amide bonds. The van der Waals surface area contributed by atoms with Gasteiger partial charge in [-0.1, -0.05) is 6.07 Å². The van der Waals surface area contributed by atoms with Crippen molar-refractivity contribution in [2.24, 2.45) is 0 Å². The van der Waals surface area contributed by atoms with Gasteiger partial charge in [-0.15, -0.1) is 0 Å². The number of aromatic nitrogens is 2. The van der Waals surface area contributed by atoms with E-state index in [9.17, 15) is 0 Å². The van der Waals surface area contributed by atoms with Crippen molar-refractivity contribution in [3.63, 3.8) is 0 Å². The number of pyridine rings is 1. The van der Waals surface area contributed by atoms with Crippen molar-refractivity contribution in [3.05, 3.63) is 48.3 Å². The van der Waals surface area contributed by atoms with Gasteiger partial charge in [0.25, 0.3) is 0 Å². The Morgan fingerprint density at radius 3 is 2.64 bits per heavy atom. The maximum Gasteiger partial charge on any atom is 0.137 e. The van der Waals surface area contributed by atoms with E-state index in [1.807, 2.05) is 12.4 Å². The molecule has 3 aromatic rings. The van der Waals surface area contributed by atoms with Gasteiger partial charge in [0.1, 0.15) is 5.65 Å². The molecule has 5 rings (SSSR count). The van der Waals surface area contributed by atoms with E-state index in [0.717, 1.165) is 37.7 Å². The Labute approximate surface area is 148 Å². The van der Waals surface area contributed by atoms with E-state index >= 15 is 0 Å². The molecule has 0 unspecified atom stereocenters. The van der Waals surface area contributed by atoms with Crippen LogP contribution in [0.4, 0.5) is 5.69 Å². The van der Waals surface area contributed by atoms with Crippen LogP contribution in [0.2, 0.25) is 0 Å². The maximum atomic E-state index is 4.56. The molecule has 0 atom stereocenters. The van der Waals surface area contributed by atoms with Gasteiger partial charge in [0.2, 0.25) is 0 Å². The number of H-pyrrole nitrogens is 1. The third-order valence-electron chi connectivity index (χ3n) is 5.62. The molecule has 0 spiro atoms. The first kappa shape index (κ1) is 15.0. The van der Waals surface area contributed by atoms with Crippen molar-refractivity contribution < 1.29 is 0 Å². The molecular weight excluding hydrogens is 308 g/mol. The van der Waals surface area contributed by atoms with Crippen molar-refractivity contribution in [2.75, 3.05) is 38.1 Å². The second-order valence-corrected chi connectivity index (χ2v) is 7.48. The van der Waals surface area contributed by atoms with E-state index in [0.29, 0.717) is 0 Å². The van der Waals surface area contributed by atoms with E-state index in [1.54, 1.807) is 0 Å². The molecule has 2 fully saturated rings. The molecule has 1 saturated carbocycles. The van der Waals surface area contributed by atoms with Gasteiger partial charge in [-0.3, -0.25) is 0 Å². The fraction of sp³-hybridized carbons (Fsp3) is 0.381. The lowest BCUT2D eigenvalue weighted by Gasteiger charge is -2.35. The Hall–Kier alpha value is -2.33. The van der Waals surface area contributed by atoms with Gasteiger partial charge in [0.15, 0.2) is 0 Å². The summed E-state index contributed by atoms with van der Waals surface area (Å²) in [5, 5.41) is 1.17. The minimum Gasteiger partial charge on any atom is -0.369 e. The van der Waals surface area contributed by atoms with Gasteiger partial charge < -0.3 is 14.8 Å². The van der Waals surface area contributed by atoms with E-state index in [4.69, 9.17) is 0 Å². The van der Waals surface area contributed by atoms with Crippen LogP contribution in [-0.4, -0.2) is 48.1 Å². The van der Waals surface area contributed by atoms with Gasteiger partial charge in [0, 0.05) is 55.2 Å². The molecule has 128 valence electrons. The quantitative estimate of drug-likeness (QED) is 0.791. The highest BCUT2D eigenvalue weighted by Gasteiger charge is 2.29. The van der Waals surface area contributed by atoms with E-state index in [1.165, 1.54) is 40.6 Å². The average molecular weight is 332 g/mol. The van der Waals surface area contributed by atoms with Crippen molar-refractivity contribution in [1.82, 2.24) is 14.9 Å². The Morgan fingerprint density at radius 2 is 1.84 bits per heavy atom. The first-order valence-corrected chi connectivity index (χ1v) is 9.29. The molecule has 1 aliphatic carbocycles. The molecule has 1 aliphatic heterocycles. The summed E-state index contributed by atoms with van der Waals surface area (Å²) in [6, 6.07) is 11.4. The highest BCUT2D eigenvalue weighted by atomic mass is 15.2. The first-order chi connectivity index (χ1) is 12.3. The van der Waals surface area contributed by atoms with Gasteiger partial charge in [-0.2, -0.15) is 0 Å². The number of hydrogen-bond acceptors (Lipinski definition) is 3. The number of nitrogens with zero attached hydrogens (tertiary/aromatic N) is 3. The number of piperazine rings is 1. The van der Waals surface area contributed by atoms with Crippen LogP contribution in [0, 0.1) is 0 Å². The zero-order chi connectivity index (χ0) is 16.8. The summed E-state index contributed by atoms with van der Waals surface area (Å²) in [5.41, 5.74) is 6.45. The van der Waals surface area contributed by atoms with Crippen molar-refractivity contribution >= 4 is 16.7 Å². The van der Waals surface area contributed by atoms with Crippen LogP contribution in [-0.2, 0) is 0 Å². The molecule has 4 heteroatoms. The third-order valence-corrected chi connectivity index (χ3v) is 5.62. The van der Waals surface area contributed by atoms with Crippen molar-refractivity contribution in [1.29, 1.82) is 0 Å². The zero-order valence-corrected chi connectivity index (χ0v) is 14.7. The normalized spacial score (nSPS) is 18.8. The minimum absolute atomic E-state index is 0.749. The minimum atomic E-state index is 0.749. The summed E-state index contributed by atoms with van der Waals surface area (Å²) in [6.45, 7) is 4.57. The number of rotatable bonds is 3. The number of aromatic amines is 1. The van der Waals surface area contributed by atoms with E-state index in [-0.39, 0.29) is 0 Å². The van der Waals surface area contributed by atoms with Crippen LogP contribution in [0.3, 0.4) is 0 Å². The van der Waals surface area contributed by atoms with Crippen LogP contribution in [0.15, 0.2) is 42.7 Å². The van der Waals surface area contributed by atoms with E-state index < -0.39 is 0 Å². The molecule has 1 N–H and O–H groups in total. The third kappa shape index (κ3) is 2.81. The monoisotopic (exact) mass is 332 g/mol. The SMILES string of the molecule is CN1CCN(c2ccc(-c3cnc4[nH]ccc4c3)cc2C2CC2)CC1. The van der Waals surface area contributed by atoms with Gasteiger partial charge in [-0.25, -0.2) is 4.98 Å². The Kier molecular flexibility index (Phi) is 3.52. The van der Waals surface area contributed by atoms with Crippen LogP contribution >= 0.6 is 0 Å². The zero-order valence-electron chi connectivity index (χ0n) is 14.7. The van der Waals surface area contributed by atoms with Gasteiger partial charge in [-0.05, 0) is 61.2 Å². The Bertz CT molecular complexity index is 901. The van der Waals surface area contributed by atoms with Crippen LogP contribution in [0.5, 0.6) is 0 Å². The molecule has 3 heterocycles. The summed E-state index contributed by atoms with van der Waals surface area (Å²) in [6.07, 6.45) is 6.60. The lowest BCUT2D eigenvalue weighted by atomic mass is 9.99. The number of anilines is 1. The van der Waals surface area contributed by atoms with Gasteiger partial charge >= 0.3 is 0 Å². The number of hydrogen-bond donors (Lipinski definition) is 1. The number of fused-ring (bicyclic) bond motifs is 1. The summed E-state index contributed by atoms with van der Waals surface area (Å²) in [4.78, 5) is 12.7. The molecule has 2 aromatic heterocycles. The number of benzene rings is 1. The average Bonchev–Trinajstić information content (AvgIpc) is 3.39.